The van der Waals surface area contributed by atoms with E-state index in [-0.39, 0.29) is 11.4 Å². The highest BCUT2D eigenvalue weighted by Crippen LogP contribution is 2.30. The number of nitrogens with two attached hydrogens (primary N) is 2. The molecule has 0 aliphatic rings. The number of aromatic nitrogens is 2. The number of methoxy groups -OCH3 is 1. The van der Waals surface area contributed by atoms with Crippen LogP contribution in [-0.4, -0.2) is 23.2 Å². The SMILES string of the molecule is COc1ccc(C)cc1CCCc1c(Cl)ccc2c(N)c(C(N)=O)nnc12. The van der Waals surface area contributed by atoms with Gasteiger partial charge in [0.25, 0.3) is 5.91 Å². The molecular weight excluding hydrogens is 364 g/mol. The van der Waals surface area contributed by atoms with Crippen molar-refractivity contribution in [3.05, 3.63) is 57.7 Å². The second kappa shape index (κ2) is 7.80. The fraction of sp³-hybridized carbons (Fsp3) is 0.250. The van der Waals surface area contributed by atoms with Crippen LogP contribution in [0.15, 0.2) is 30.3 Å². The summed E-state index contributed by atoms with van der Waals surface area (Å²) < 4.78 is 5.44. The summed E-state index contributed by atoms with van der Waals surface area (Å²) in [5, 5.41) is 9.27. The Balaban J connectivity index is 1.89. The first-order valence-electron chi connectivity index (χ1n) is 8.59. The molecule has 1 aromatic heterocycles. The van der Waals surface area contributed by atoms with Gasteiger partial charge in [0.2, 0.25) is 0 Å². The van der Waals surface area contributed by atoms with Gasteiger partial charge in [0.05, 0.1) is 18.3 Å². The molecule has 0 atom stereocenters. The zero-order chi connectivity index (χ0) is 19.6. The van der Waals surface area contributed by atoms with Gasteiger partial charge in [0.15, 0.2) is 5.69 Å². The van der Waals surface area contributed by atoms with E-state index in [4.69, 9.17) is 27.8 Å². The van der Waals surface area contributed by atoms with Crippen molar-refractivity contribution in [2.24, 2.45) is 5.73 Å². The first-order valence-corrected chi connectivity index (χ1v) is 8.96. The number of aryl methyl sites for hydroxylation is 3. The lowest BCUT2D eigenvalue weighted by Gasteiger charge is -2.12. The van der Waals surface area contributed by atoms with Crippen LogP contribution in [0.3, 0.4) is 0 Å². The van der Waals surface area contributed by atoms with Crippen molar-refractivity contribution in [2.45, 2.75) is 26.2 Å². The van der Waals surface area contributed by atoms with Gasteiger partial charge in [-0.05, 0) is 55.5 Å². The highest BCUT2D eigenvalue weighted by Gasteiger charge is 2.16. The van der Waals surface area contributed by atoms with Gasteiger partial charge < -0.3 is 16.2 Å². The molecule has 0 saturated heterocycles. The molecule has 0 unspecified atom stereocenters. The maximum atomic E-state index is 11.4. The molecule has 0 spiro atoms. The van der Waals surface area contributed by atoms with Crippen molar-refractivity contribution in [3.63, 3.8) is 0 Å². The number of halogens is 1. The first-order chi connectivity index (χ1) is 12.9. The topological polar surface area (TPSA) is 104 Å². The predicted octanol–water partition coefficient (Wildman–Crippen LogP) is 3.46. The summed E-state index contributed by atoms with van der Waals surface area (Å²) in [6, 6.07) is 9.63. The zero-order valence-electron chi connectivity index (χ0n) is 15.3. The number of nitrogen functional groups attached to an aromatic ring is 1. The molecule has 7 heteroatoms. The maximum absolute atomic E-state index is 11.4. The second-order valence-corrected chi connectivity index (χ2v) is 6.82. The molecule has 2 aromatic carbocycles. The van der Waals surface area contributed by atoms with Crippen LogP contribution in [0.4, 0.5) is 5.69 Å². The number of primary amides is 1. The first kappa shape index (κ1) is 18.9. The molecule has 140 valence electrons. The van der Waals surface area contributed by atoms with Crippen molar-refractivity contribution >= 4 is 34.1 Å². The van der Waals surface area contributed by atoms with Gasteiger partial charge in [-0.1, -0.05) is 29.3 Å². The van der Waals surface area contributed by atoms with Crippen LogP contribution in [-0.2, 0) is 12.8 Å². The Kier molecular flexibility index (Phi) is 5.46. The number of amides is 1. The smallest absolute Gasteiger partial charge is 0.271 e. The molecule has 4 N–H and O–H groups in total. The van der Waals surface area contributed by atoms with Crippen LogP contribution in [0.2, 0.25) is 5.02 Å². The minimum Gasteiger partial charge on any atom is -0.496 e. The number of anilines is 1. The molecule has 0 aliphatic carbocycles. The lowest BCUT2D eigenvalue weighted by Crippen LogP contribution is -2.17. The molecule has 27 heavy (non-hydrogen) atoms. The van der Waals surface area contributed by atoms with E-state index >= 15 is 0 Å². The zero-order valence-corrected chi connectivity index (χ0v) is 16.0. The van der Waals surface area contributed by atoms with E-state index in [9.17, 15) is 4.79 Å². The van der Waals surface area contributed by atoms with Gasteiger partial charge in [-0.2, -0.15) is 0 Å². The standard InChI is InChI=1S/C20H21ClN4O2/c1-11-6-9-16(27-2)12(10-11)4-3-5-13-15(21)8-7-14-17(22)19(20(23)26)25-24-18(13)14/h6-10H,3-5H2,1-2H3,(H2,22,24)(H2,23,26). The largest absolute Gasteiger partial charge is 0.496 e. The van der Waals surface area contributed by atoms with Crippen molar-refractivity contribution in [1.29, 1.82) is 0 Å². The summed E-state index contributed by atoms with van der Waals surface area (Å²) in [5.41, 5.74) is 15.3. The number of hydrogen-bond donors (Lipinski definition) is 2. The number of carbonyl (C=O) groups is 1. The fourth-order valence-corrected chi connectivity index (χ4v) is 3.45. The summed E-state index contributed by atoms with van der Waals surface area (Å²) >= 11 is 6.40. The third-order valence-corrected chi connectivity index (χ3v) is 4.92. The van der Waals surface area contributed by atoms with E-state index in [1.54, 1.807) is 19.2 Å². The van der Waals surface area contributed by atoms with Gasteiger partial charge >= 0.3 is 0 Å². The van der Waals surface area contributed by atoms with Crippen LogP contribution in [0.1, 0.15) is 33.6 Å². The highest BCUT2D eigenvalue weighted by atomic mass is 35.5. The molecule has 0 radical (unpaired) electrons. The van der Waals surface area contributed by atoms with Gasteiger partial charge in [0.1, 0.15) is 5.75 Å². The van der Waals surface area contributed by atoms with Gasteiger partial charge in [-0.3, -0.25) is 4.79 Å². The molecule has 3 rings (SSSR count). The Morgan fingerprint density at radius 2 is 1.96 bits per heavy atom. The lowest BCUT2D eigenvalue weighted by atomic mass is 9.99. The normalized spacial score (nSPS) is 10.9. The molecule has 0 aliphatic heterocycles. The number of hydrogen-bond acceptors (Lipinski definition) is 5. The third kappa shape index (κ3) is 3.80. The Morgan fingerprint density at radius 3 is 2.67 bits per heavy atom. The quantitative estimate of drug-likeness (QED) is 0.677. The average molecular weight is 385 g/mol. The molecule has 1 heterocycles. The number of rotatable bonds is 6. The Bertz CT molecular complexity index is 1020. The summed E-state index contributed by atoms with van der Waals surface area (Å²) in [7, 11) is 1.67. The van der Waals surface area contributed by atoms with Gasteiger partial charge in [-0.25, -0.2) is 0 Å². The minimum atomic E-state index is -0.704. The maximum Gasteiger partial charge on any atom is 0.271 e. The average Bonchev–Trinajstić information content (AvgIpc) is 2.63. The van der Waals surface area contributed by atoms with Crippen LogP contribution >= 0.6 is 11.6 Å². The van der Waals surface area contributed by atoms with E-state index in [2.05, 4.69) is 23.2 Å². The summed E-state index contributed by atoms with van der Waals surface area (Å²) in [6.07, 6.45) is 2.37. The molecule has 3 aromatic rings. The monoisotopic (exact) mass is 384 g/mol. The van der Waals surface area contributed by atoms with E-state index in [1.807, 2.05) is 12.1 Å². The molecule has 6 nitrogen and oxygen atoms in total. The van der Waals surface area contributed by atoms with Crippen LogP contribution in [0.5, 0.6) is 5.75 Å². The van der Waals surface area contributed by atoms with Crippen molar-refractivity contribution in [2.75, 3.05) is 12.8 Å². The van der Waals surface area contributed by atoms with Crippen LogP contribution in [0.25, 0.3) is 10.9 Å². The van der Waals surface area contributed by atoms with E-state index in [0.29, 0.717) is 22.3 Å². The molecule has 0 fully saturated rings. The van der Waals surface area contributed by atoms with Gasteiger partial charge in [0, 0.05) is 10.4 Å². The Labute approximate surface area is 162 Å². The lowest BCUT2D eigenvalue weighted by molar-refractivity contribution is 0.0996. The second-order valence-electron chi connectivity index (χ2n) is 6.42. The highest BCUT2D eigenvalue weighted by molar-refractivity contribution is 6.32. The number of benzene rings is 2. The number of nitrogens with zero attached hydrogens (tertiary/aromatic N) is 2. The molecule has 0 bridgehead atoms. The molecule has 1 amide bonds. The Hall–Kier alpha value is -2.86. The Morgan fingerprint density at radius 1 is 1.19 bits per heavy atom. The van der Waals surface area contributed by atoms with Crippen molar-refractivity contribution in [1.82, 2.24) is 10.2 Å². The third-order valence-electron chi connectivity index (χ3n) is 4.56. The summed E-state index contributed by atoms with van der Waals surface area (Å²) in [5.74, 6) is 0.171. The van der Waals surface area contributed by atoms with E-state index < -0.39 is 5.91 Å². The summed E-state index contributed by atoms with van der Waals surface area (Å²) in [4.78, 5) is 11.4. The molecular formula is C20H21ClN4O2. The van der Waals surface area contributed by atoms with E-state index in [1.165, 1.54) is 5.56 Å². The fourth-order valence-electron chi connectivity index (χ4n) is 3.20. The van der Waals surface area contributed by atoms with Crippen molar-refractivity contribution < 1.29 is 9.53 Å². The number of ether oxygens (including phenoxy) is 1. The van der Waals surface area contributed by atoms with Crippen LogP contribution in [0, 0.1) is 6.92 Å². The van der Waals surface area contributed by atoms with Crippen molar-refractivity contribution in [3.8, 4) is 5.75 Å². The minimum absolute atomic E-state index is 0.0275. The molecule has 0 saturated carbocycles. The van der Waals surface area contributed by atoms with Crippen LogP contribution < -0.4 is 16.2 Å². The number of carbonyl (C=O) groups excluding carboxylic acids is 1. The van der Waals surface area contributed by atoms with Gasteiger partial charge in [-0.15, -0.1) is 10.2 Å². The predicted molar refractivity (Wildman–Crippen MR) is 107 cm³/mol. The van der Waals surface area contributed by atoms with E-state index in [0.717, 1.165) is 29.7 Å². The number of fused-ring (bicyclic) bond motifs is 1. The summed E-state index contributed by atoms with van der Waals surface area (Å²) in [6.45, 7) is 2.05.